The van der Waals surface area contributed by atoms with Gasteiger partial charge in [0.1, 0.15) is 11.8 Å². The summed E-state index contributed by atoms with van der Waals surface area (Å²) in [7, 11) is 8.25. The van der Waals surface area contributed by atoms with E-state index in [0.29, 0.717) is 12.3 Å². The Bertz CT molecular complexity index is 952. The summed E-state index contributed by atoms with van der Waals surface area (Å²) in [6.07, 6.45) is 0. The molecule has 2 N–H and O–H groups in total. The molecule has 0 spiro atoms. The van der Waals surface area contributed by atoms with Crippen LogP contribution in [-0.4, -0.2) is 47.2 Å². The molecule has 3 aromatic rings. The van der Waals surface area contributed by atoms with Crippen molar-refractivity contribution in [1.29, 1.82) is 0 Å². The predicted molar refractivity (Wildman–Crippen MR) is 119 cm³/mol. The Balaban J connectivity index is 1.55. The van der Waals surface area contributed by atoms with Crippen LogP contribution >= 0.6 is 0 Å². The largest absolute Gasteiger partial charge is 0.484 e. The highest BCUT2D eigenvalue weighted by molar-refractivity contribution is 5.84. The smallest absolute Gasteiger partial charge is 0.258 e. The summed E-state index contributed by atoms with van der Waals surface area (Å²) in [4.78, 5) is 15.7. The Morgan fingerprint density at radius 2 is 1.69 bits per heavy atom. The van der Waals surface area contributed by atoms with Gasteiger partial charge in [0.25, 0.3) is 5.91 Å². The van der Waals surface area contributed by atoms with Crippen molar-refractivity contribution in [1.82, 2.24) is 5.32 Å². The number of anilines is 1. The molecule has 0 saturated carbocycles. The highest BCUT2D eigenvalue weighted by Gasteiger charge is 2.19. The molecule has 0 fully saturated rings. The van der Waals surface area contributed by atoms with E-state index >= 15 is 0 Å². The zero-order valence-corrected chi connectivity index (χ0v) is 17.6. The Labute approximate surface area is 172 Å². The highest BCUT2D eigenvalue weighted by atomic mass is 16.5. The van der Waals surface area contributed by atoms with Gasteiger partial charge in [-0.15, -0.1) is 0 Å². The summed E-state index contributed by atoms with van der Waals surface area (Å²) in [5.74, 6) is 0.585. The fourth-order valence-corrected chi connectivity index (χ4v) is 3.33. The minimum absolute atomic E-state index is 0.00733. The number of ether oxygens (including phenoxy) is 1. The van der Waals surface area contributed by atoms with E-state index in [1.54, 1.807) is 0 Å². The summed E-state index contributed by atoms with van der Waals surface area (Å²) >= 11 is 0. The normalized spacial score (nSPS) is 12.0. The molecule has 0 aliphatic carbocycles. The minimum atomic E-state index is -0.116. The lowest BCUT2D eigenvalue weighted by molar-refractivity contribution is -0.890. The van der Waals surface area contributed by atoms with Gasteiger partial charge >= 0.3 is 0 Å². The van der Waals surface area contributed by atoms with Gasteiger partial charge in [0.15, 0.2) is 6.61 Å². The summed E-state index contributed by atoms with van der Waals surface area (Å²) in [6.45, 7) is 0.566. The molecule has 0 bridgehead atoms. The first-order valence-corrected chi connectivity index (χ1v) is 9.89. The number of benzene rings is 3. The topological polar surface area (TPSA) is 46.0 Å². The molecular formula is C24H30N3O2+. The number of hydrogen-bond donors (Lipinski definition) is 2. The molecule has 3 rings (SSSR count). The third-order valence-corrected chi connectivity index (χ3v) is 5.10. The van der Waals surface area contributed by atoms with Crippen molar-refractivity contribution in [3.8, 4) is 5.75 Å². The zero-order chi connectivity index (χ0) is 20.8. The van der Waals surface area contributed by atoms with Crippen LogP contribution < -0.4 is 19.9 Å². The molecular weight excluding hydrogens is 362 g/mol. The SMILES string of the molecule is CN(C)c1ccc([C@@H](CNC(=O)COc2ccc3ccccc3c2)[NH+](C)C)cc1. The number of quaternary nitrogens is 1. The first-order valence-electron chi connectivity index (χ1n) is 9.89. The van der Waals surface area contributed by atoms with E-state index in [9.17, 15) is 4.79 Å². The lowest BCUT2D eigenvalue weighted by Crippen LogP contribution is -3.07. The van der Waals surface area contributed by atoms with Gasteiger partial charge in [0.05, 0.1) is 20.6 Å². The molecule has 1 amide bonds. The van der Waals surface area contributed by atoms with Crippen LogP contribution in [0, 0.1) is 0 Å². The monoisotopic (exact) mass is 392 g/mol. The molecule has 5 nitrogen and oxygen atoms in total. The van der Waals surface area contributed by atoms with Gasteiger partial charge < -0.3 is 19.9 Å². The molecule has 0 heterocycles. The third kappa shape index (κ3) is 5.48. The van der Waals surface area contributed by atoms with Crippen molar-refractivity contribution in [3.05, 3.63) is 72.3 Å². The van der Waals surface area contributed by atoms with Gasteiger partial charge in [-0.05, 0) is 35.0 Å². The van der Waals surface area contributed by atoms with Crippen molar-refractivity contribution in [2.45, 2.75) is 6.04 Å². The van der Waals surface area contributed by atoms with Crippen LogP contribution in [0.5, 0.6) is 5.75 Å². The van der Waals surface area contributed by atoms with Crippen molar-refractivity contribution in [3.63, 3.8) is 0 Å². The lowest BCUT2D eigenvalue weighted by atomic mass is 10.1. The molecule has 0 unspecified atom stereocenters. The Kier molecular flexibility index (Phi) is 6.73. The minimum Gasteiger partial charge on any atom is -0.484 e. The molecule has 0 aliphatic rings. The van der Waals surface area contributed by atoms with E-state index in [1.807, 2.05) is 50.5 Å². The van der Waals surface area contributed by atoms with Crippen LogP contribution in [0.4, 0.5) is 5.69 Å². The Hall–Kier alpha value is -3.05. The lowest BCUT2D eigenvalue weighted by Gasteiger charge is -2.23. The number of amides is 1. The summed E-state index contributed by atoms with van der Waals surface area (Å²) in [6, 6.07) is 22.6. The number of fused-ring (bicyclic) bond motifs is 1. The zero-order valence-electron chi connectivity index (χ0n) is 17.6. The van der Waals surface area contributed by atoms with Gasteiger partial charge in [-0.1, -0.05) is 42.5 Å². The van der Waals surface area contributed by atoms with E-state index < -0.39 is 0 Å². The first kappa shape index (κ1) is 20.7. The average molecular weight is 393 g/mol. The fraction of sp³-hybridized carbons (Fsp3) is 0.292. The molecule has 5 heteroatoms. The van der Waals surface area contributed by atoms with Crippen LogP contribution in [0.1, 0.15) is 11.6 Å². The third-order valence-electron chi connectivity index (χ3n) is 5.10. The summed E-state index contributed by atoms with van der Waals surface area (Å²) < 4.78 is 5.69. The van der Waals surface area contributed by atoms with Crippen molar-refractivity contribution in [2.24, 2.45) is 0 Å². The number of nitrogens with one attached hydrogen (secondary N) is 2. The average Bonchev–Trinajstić information content (AvgIpc) is 2.72. The van der Waals surface area contributed by atoms with Gasteiger partial charge in [-0.3, -0.25) is 4.79 Å². The fourth-order valence-electron chi connectivity index (χ4n) is 3.33. The maximum Gasteiger partial charge on any atom is 0.258 e. The maximum atomic E-state index is 12.3. The molecule has 152 valence electrons. The van der Waals surface area contributed by atoms with Gasteiger partial charge in [-0.25, -0.2) is 0 Å². The number of rotatable bonds is 8. The number of hydrogen-bond acceptors (Lipinski definition) is 3. The molecule has 0 radical (unpaired) electrons. The Morgan fingerprint density at radius 3 is 2.34 bits per heavy atom. The van der Waals surface area contributed by atoms with E-state index in [2.05, 4.69) is 54.6 Å². The second kappa shape index (κ2) is 9.43. The number of carbonyl (C=O) groups excluding carboxylic acids is 1. The van der Waals surface area contributed by atoms with Gasteiger partial charge in [0.2, 0.25) is 0 Å². The van der Waals surface area contributed by atoms with Gasteiger partial charge in [-0.2, -0.15) is 0 Å². The van der Waals surface area contributed by atoms with Crippen molar-refractivity contribution >= 4 is 22.4 Å². The van der Waals surface area contributed by atoms with E-state index in [0.717, 1.165) is 16.5 Å². The standard InChI is InChI=1S/C24H29N3O2/c1-26(2)21-12-9-19(10-13-21)23(27(3)4)16-25-24(28)17-29-22-14-11-18-7-5-6-8-20(18)15-22/h5-15,23H,16-17H2,1-4H3,(H,25,28)/p+1/t23-/m1/s1. The summed E-state index contributed by atoms with van der Waals surface area (Å²) in [5.41, 5.74) is 2.36. The van der Waals surface area contributed by atoms with E-state index in [1.165, 1.54) is 10.5 Å². The first-order chi connectivity index (χ1) is 13.9. The van der Waals surface area contributed by atoms with Gasteiger partial charge in [0, 0.05) is 25.3 Å². The number of nitrogens with zero attached hydrogens (tertiary/aromatic N) is 1. The Morgan fingerprint density at radius 1 is 1.00 bits per heavy atom. The second-order valence-corrected chi connectivity index (χ2v) is 7.72. The maximum absolute atomic E-state index is 12.3. The van der Waals surface area contributed by atoms with Crippen LogP contribution in [0.3, 0.4) is 0 Å². The molecule has 3 aromatic carbocycles. The quantitative estimate of drug-likeness (QED) is 0.618. The van der Waals surface area contributed by atoms with Crippen LogP contribution in [0.2, 0.25) is 0 Å². The van der Waals surface area contributed by atoms with Crippen LogP contribution in [0.15, 0.2) is 66.7 Å². The number of likely N-dealkylation sites (N-methyl/N-ethyl adjacent to an activating group) is 1. The van der Waals surface area contributed by atoms with E-state index in [4.69, 9.17) is 4.74 Å². The van der Waals surface area contributed by atoms with Crippen LogP contribution in [0.25, 0.3) is 10.8 Å². The molecule has 0 aliphatic heterocycles. The van der Waals surface area contributed by atoms with Crippen molar-refractivity contribution in [2.75, 3.05) is 46.2 Å². The number of carbonyl (C=O) groups is 1. The molecule has 1 atom stereocenters. The summed E-state index contributed by atoms with van der Waals surface area (Å²) in [5, 5.41) is 5.27. The second-order valence-electron chi connectivity index (χ2n) is 7.72. The van der Waals surface area contributed by atoms with Crippen molar-refractivity contribution < 1.29 is 14.4 Å². The molecule has 0 saturated heterocycles. The predicted octanol–water partition coefficient (Wildman–Crippen LogP) is 2.29. The van der Waals surface area contributed by atoms with E-state index in [-0.39, 0.29) is 18.6 Å². The van der Waals surface area contributed by atoms with Crippen LogP contribution in [-0.2, 0) is 4.79 Å². The molecule has 29 heavy (non-hydrogen) atoms. The molecule has 0 aromatic heterocycles. The highest BCUT2D eigenvalue weighted by Crippen LogP contribution is 2.20.